The summed E-state index contributed by atoms with van der Waals surface area (Å²) in [5.41, 5.74) is 1.61. The highest BCUT2D eigenvalue weighted by molar-refractivity contribution is 6.14. The van der Waals surface area contributed by atoms with Crippen LogP contribution in [0.2, 0.25) is 0 Å². The Morgan fingerprint density at radius 3 is 2.76 bits per heavy atom. The fourth-order valence-electron chi connectivity index (χ4n) is 1.59. The van der Waals surface area contributed by atoms with Crippen LogP contribution in [0.15, 0.2) is 47.2 Å². The molecular formula is C13H13NO3. The maximum atomic E-state index is 11.2. The third-order valence-corrected chi connectivity index (χ3v) is 2.34. The molecule has 0 aliphatic carbocycles. The number of nitrogens with zero attached hydrogens (tertiary/aromatic N) is 1. The summed E-state index contributed by atoms with van der Waals surface area (Å²) in [6.07, 6.45) is 1.04. The first kappa shape index (κ1) is 11.4. The molecule has 1 heterocycles. The molecule has 1 aliphatic rings. The van der Waals surface area contributed by atoms with Crippen LogP contribution in [-0.4, -0.2) is 25.0 Å². The Balaban J connectivity index is 2.34. The van der Waals surface area contributed by atoms with E-state index in [4.69, 9.17) is 4.74 Å². The predicted octanol–water partition coefficient (Wildman–Crippen LogP) is 1.91. The van der Waals surface area contributed by atoms with Gasteiger partial charge in [-0.05, 0) is 6.92 Å². The van der Waals surface area contributed by atoms with E-state index < -0.39 is 5.97 Å². The zero-order chi connectivity index (χ0) is 12.3. The van der Waals surface area contributed by atoms with Crippen molar-refractivity contribution in [3.63, 3.8) is 0 Å². The molecule has 0 amide bonds. The number of carbonyl (C=O) groups is 1. The number of ether oxygens (including phenoxy) is 2. The predicted molar refractivity (Wildman–Crippen MR) is 63.6 cm³/mol. The zero-order valence-corrected chi connectivity index (χ0v) is 9.71. The minimum atomic E-state index is -0.447. The summed E-state index contributed by atoms with van der Waals surface area (Å²) in [5, 5.41) is 0. The normalized spacial score (nSPS) is 20.9. The van der Waals surface area contributed by atoms with Gasteiger partial charge in [-0.25, -0.2) is 9.79 Å². The number of hydrogen-bond acceptors (Lipinski definition) is 4. The van der Waals surface area contributed by atoms with E-state index in [-0.39, 0.29) is 6.23 Å². The molecule has 0 fully saturated rings. The lowest BCUT2D eigenvalue weighted by Gasteiger charge is -2.04. The second kappa shape index (κ2) is 4.82. The van der Waals surface area contributed by atoms with E-state index >= 15 is 0 Å². The SMILES string of the molecule is COC(=O)/C=C1\OC(C)N=C1c1ccccc1. The molecule has 1 aromatic rings. The lowest BCUT2D eigenvalue weighted by atomic mass is 10.1. The highest BCUT2D eigenvalue weighted by atomic mass is 16.5. The molecule has 0 N–H and O–H groups in total. The van der Waals surface area contributed by atoms with Crippen LogP contribution in [0, 0.1) is 0 Å². The van der Waals surface area contributed by atoms with Crippen LogP contribution in [0.1, 0.15) is 12.5 Å². The van der Waals surface area contributed by atoms with Crippen LogP contribution in [-0.2, 0) is 14.3 Å². The maximum Gasteiger partial charge on any atom is 0.334 e. The lowest BCUT2D eigenvalue weighted by molar-refractivity contribution is -0.135. The summed E-state index contributed by atoms with van der Waals surface area (Å²) in [4.78, 5) is 15.6. The number of hydrogen-bond donors (Lipinski definition) is 0. The first-order chi connectivity index (χ1) is 8.20. The van der Waals surface area contributed by atoms with Crippen LogP contribution in [0.3, 0.4) is 0 Å². The fraction of sp³-hybridized carbons (Fsp3) is 0.231. The standard InChI is InChI=1S/C13H13NO3/c1-9-14-13(10-6-4-3-5-7-10)11(17-9)8-12(15)16-2/h3-9H,1-2H3/b11-8-. The average molecular weight is 231 g/mol. The fourth-order valence-corrected chi connectivity index (χ4v) is 1.59. The molecule has 0 radical (unpaired) electrons. The van der Waals surface area contributed by atoms with E-state index in [0.717, 1.165) is 5.56 Å². The molecule has 0 aromatic heterocycles. The Morgan fingerprint density at radius 2 is 2.12 bits per heavy atom. The lowest BCUT2D eigenvalue weighted by Crippen LogP contribution is -2.06. The van der Waals surface area contributed by atoms with Gasteiger partial charge < -0.3 is 9.47 Å². The zero-order valence-electron chi connectivity index (χ0n) is 9.71. The second-order valence-electron chi connectivity index (χ2n) is 3.59. The Hall–Kier alpha value is -2.10. The molecular weight excluding hydrogens is 218 g/mol. The smallest absolute Gasteiger partial charge is 0.334 e. The molecule has 0 bridgehead atoms. The van der Waals surface area contributed by atoms with Crippen LogP contribution in [0.5, 0.6) is 0 Å². The topological polar surface area (TPSA) is 47.9 Å². The molecule has 0 saturated carbocycles. The van der Waals surface area contributed by atoms with Gasteiger partial charge in [0, 0.05) is 5.56 Å². The summed E-state index contributed by atoms with van der Waals surface area (Å²) >= 11 is 0. The van der Waals surface area contributed by atoms with Crippen LogP contribution in [0.4, 0.5) is 0 Å². The molecule has 1 aromatic carbocycles. The van der Waals surface area contributed by atoms with E-state index in [1.807, 2.05) is 37.3 Å². The number of allylic oxidation sites excluding steroid dienone is 1. The van der Waals surface area contributed by atoms with Crippen molar-refractivity contribution in [3.8, 4) is 0 Å². The number of carbonyl (C=O) groups excluding carboxylic acids is 1. The van der Waals surface area contributed by atoms with Gasteiger partial charge in [-0.15, -0.1) is 0 Å². The third kappa shape index (κ3) is 2.53. The van der Waals surface area contributed by atoms with E-state index in [9.17, 15) is 4.79 Å². The van der Waals surface area contributed by atoms with Crippen molar-refractivity contribution in [2.75, 3.05) is 7.11 Å². The van der Waals surface area contributed by atoms with E-state index in [1.165, 1.54) is 13.2 Å². The number of aliphatic imine (C=N–C) groups is 1. The van der Waals surface area contributed by atoms with Gasteiger partial charge in [0.2, 0.25) is 0 Å². The monoisotopic (exact) mass is 231 g/mol. The van der Waals surface area contributed by atoms with E-state index in [1.54, 1.807) is 0 Å². The van der Waals surface area contributed by atoms with Gasteiger partial charge in [-0.2, -0.15) is 0 Å². The summed E-state index contributed by atoms with van der Waals surface area (Å²) in [6.45, 7) is 1.82. The third-order valence-electron chi connectivity index (χ3n) is 2.34. The van der Waals surface area contributed by atoms with Gasteiger partial charge in [0.25, 0.3) is 0 Å². The molecule has 17 heavy (non-hydrogen) atoms. The summed E-state index contributed by atoms with van der Waals surface area (Å²) in [7, 11) is 1.33. The summed E-state index contributed by atoms with van der Waals surface area (Å²) in [6, 6.07) is 9.59. The molecule has 4 nitrogen and oxygen atoms in total. The van der Waals surface area contributed by atoms with E-state index in [2.05, 4.69) is 9.73 Å². The van der Waals surface area contributed by atoms with Crippen molar-refractivity contribution in [2.24, 2.45) is 4.99 Å². The first-order valence-electron chi connectivity index (χ1n) is 5.30. The van der Waals surface area contributed by atoms with Gasteiger partial charge in [0.05, 0.1) is 13.2 Å². The molecule has 1 aliphatic heterocycles. The van der Waals surface area contributed by atoms with Crippen molar-refractivity contribution in [2.45, 2.75) is 13.2 Å². The molecule has 2 rings (SSSR count). The average Bonchev–Trinajstić information content (AvgIpc) is 2.71. The largest absolute Gasteiger partial charge is 0.466 e. The van der Waals surface area contributed by atoms with Crippen molar-refractivity contribution >= 4 is 11.7 Å². The minimum absolute atomic E-state index is 0.277. The van der Waals surface area contributed by atoms with Crippen molar-refractivity contribution in [3.05, 3.63) is 47.7 Å². The van der Waals surface area contributed by atoms with Crippen molar-refractivity contribution < 1.29 is 14.3 Å². The Bertz CT molecular complexity index is 477. The van der Waals surface area contributed by atoms with Gasteiger partial charge in [-0.3, -0.25) is 0 Å². The highest BCUT2D eigenvalue weighted by Gasteiger charge is 2.22. The summed E-state index contributed by atoms with van der Waals surface area (Å²) in [5.74, 6) is 0.00767. The summed E-state index contributed by atoms with van der Waals surface area (Å²) < 4.78 is 10.0. The number of rotatable bonds is 2. The molecule has 0 saturated heterocycles. The van der Waals surface area contributed by atoms with Crippen LogP contribution in [0.25, 0.3) is 0 Å². The number of esters is 1. The number of benzene rings is 1. The van der Waals surface area contributed by atoms with Crippen molar-refractivity contribution in [1.29, 1.82) is 0 Å². The highest BCUT2D eigenvalue weighted by Crippen LogP contribution is 2.21. The quantitative estimate of drug-likeness (QED) is 0.577. The van der Waals surface area contributed by atoms with Crippen LogP contribution >= 0.6 is 0 Å². The Morgan fingerprint density at radius 1 is 1.41 bits per heavy atom. The van der Waals surface area contributed by atoms with Crippen LogP contribution < -0.4 is 0 Å². The molecule has 88 valence electrons. The van der Waals surface area contributed by atoms with Gasteiger partial charge in [0.1, 0.15) is 5.71 Å². The number of methoxy groups -OCH3 is 1. The van der Waals surface area contributed by atoms with E-state index in [0.29, 0.717) is 11.5 Å². The van der Waals surface area contributed by atoms with Gasteiger partial charge in [-0.1, -0.05) is 30.3 Å². The molecule has 4 heteroatoms. The molecule has 1 atom stereocenters. The van der Waals surface area contributed by atoms with Gasteiger partial charge in [0.15, 0.2) is 12.0 Å². The van der Waals surface area contributed by atoms with Gasteiger partial charge >= 0.3 is 5.97 Å². The Kier molecular flexibility index (Phi) is 3.23. The Labute approximate surface area is 99.6 Å². The van der Waals surface area contributed by atoms with Crippen molar-refractivity contribution in [1.82, 2.24) is 0 Å². The minimum Gasteiger partial charge on any atom is -0.466 e. The molecule has 0 spiro atoms. The molecule has 1 unspecified atom stereocenters. The first-order valence-corrected chi connectivity index (χ1v) is 5.30. The maximum absolute atomic E-state index is 11.2. The second-order valence-corrected chi connectivity index (χ2v) is 3.59.